The van der Waals surface area contributed by atoms with E-state index in [-0.39, 0.29) is 6.10 Å². The molecule has 0 aliphatic carbocycles. The van der Waals surface area contributed by atoms with Crippen LogP contribution in [-0.2, 0) is 4.74 Å². The number of hydrogen-bond donors (Lipinski definition) is 1. The summed E-state index contributed by atoms with van der Waals surface area (Å²) >= 11 is 0. The Morgan fingerprint density at radius 2 is 1.87 bits per heavy atom. The molecule has 0 bridgehead atoms. The van der Waals surface area contributed by atoms with Gasteiger partial charge in [-0.15, -0.1) is 0 Å². The van der Waals surface area contributed by atoms with Gasteiger partial charge in [-0.1, -0.05) is 30.3 Å². The van der Waals surface area contributed by atoms with E-state index in [0.29, 0.717) is 0 Å². The van der Waals surface area contributed by atoms with Gasteiger partial charge in [-0.2, -0.15) is 5.26 Å². The van der Waals surface area contributed by atoms with Crippen molar-refractivity contribution in [2.45, 2.75) is 32.2 Å². The molecule has 0 amide bonds. The van der Waals surface area contributed by atoms with E-state index < -0.39 is 12.2 Å². The van der Waals surface area contributed by atoms with Gasteiger partial charge in [-0.05, 0) is 19.4 Å². The monoisotopic (exact) mass is 205 g/mol. The van der Waals surface area contributed by atoms with Crippen molar-refractivity contribution >= 4 is 0 Å². The van der Waals surface area contributed by atoms with Crippen LogP contribution in [0, 0.1) is 11.3 Å². The smallest absolute Gasteiger partial charge is 0.169 e. The maximum Gasteiger partial charge on any atom is 0.169 e. The summed E-state index contributed by atoms with van der Waals surface area (Å²) in [6.45, 7) is 3.39. The topological polar surface area (TPSA) is 53.2 Å². The van der Waals surface area contributed by atoms with Crippen molar-refractivity contribution in [1.29, 1.82) is 5.26 Å². The molecule has 0 aliphatic rings. The SMILES string of the molecule is CC(O)C(C)OC(C#N)c1ccccc1. The quantitative estimate of drug-likeness (QED) is 0.818. The van der Waals surface area contributed by atoms with Crippen molar-refractivity contribution < 1.29 is 9.84 Å². The van der Waals surface area contributed by atoms with Crippen LogP contribution in [0.25, 0.3) is 0 Å². The Kier molecular flexibility index (Phi) is 4.29. The molecule has 1 rings (SSSR count). The molecule has 0 saturated carbocycles. The van der Waals surface area contributed by atoms with Gasteiger partial charge in [0.05, 0.1) is 18.3 Å². The fourth-order valence-corrected chi connectivity index (χ4v) is 1.14. The van der Waals surface area contributed by atoms with E-state index in [1.165, 1.54) is 0 Å². The highest BCUT2D eigenvalue weighted by Gasteiger charge is 2.17. The third kappa shape index (κ3) is 3.35. The summed E-state index contributed by atoms with van der Waals surface area (Å²) in [7, 11) is 0. The van der Waals surface area contributed by atoms with Crippen molar-refractivity contribution in [3.8, 4) is 6.07 Å². The predicted molar refractivity (Wildman–Crippen MR) is 57.0 cm³/mol. The minimum Gasteiger partial charge on any atom is -0.391 e. The zero-order chi connectivity index (χ0) is 11.3. The average molecular weight is 205 g/mol. The van der Waals surface area contributed by atoms with Crippen LogP contribution in [0.4, 0.5) is 0 Å². The Morgan fingerprint density at radius 1 is 1.27 bits per heavy atom. The normalized spacial score (nSPS) is 16.4. The molecule has 1 aromatic rings. The molecule has 3 atom stereocenters. The summed E-state index contributed by atoms with van der Waals surface area (Å²) in [4.78, 5) is 0. The number of benzene rings is 1. The van der Waals surface area contributed by atoms with Crippen molar-refractivity contribution in [2.24, 2.45) is 0 Å². The second kappa shape index (κ2) is 5.50. The van der Waals surface area contributed by atoms with E-state index in [4.69, 9.17) is 10.00 Å². The van der Waals surface area contributed by atoms with Crippen molar-refractivity contribution in [1.82, 2.24) is 0 Å². The van der Waals surface area contributed by atoms with E-state index in [2.05, 4.69) is 6.07 Å². The van der Waals surface area contributed by atoms with Crippen LogP contribution in [0.3, 0.4) is 0 Å². The fourth-order valence-electron chi connectivity index (χ4n) is 1.14. The zero-order valence-electron chi connectivity index (χ0n) is 8.92. The number of hydrogen-bond acceptors (Lipinski definition) is 3. The molecule has 0 aliphatic heterocycles. The molecule has 0 spiro atoms. The molecule has 1 aromatic carbocycles. The largest absolute Gasteiger partial charge is 0.391 e. The molecule has 0 aromatic heterocycles. The highest BCUT2D eigenvalue weighted by atomic mass is 16.5. The van der Waals surface area contributed by atoms with Crippen LogP contribution in [0.5, 0.6) is 0 Å². The third-order valence-electron chi connectivity index (χ3n) is 2.25. The van der Waals surface area contributed by atoms with Crippen LogP contribution in [-0.4, -0.2) is 17.3 Å². The third-order valence-corrected chi connectivity index (χ3v) is 2.25. The van der Waals surface area contributed by atoms with Gasteiger partial charge in [0, 0.05) is 0 Å². The molecule has 0 heterocycles. The van der Waals surface area contributed by atoms with Crippen LogP contribution >= 0.6 is 0 Å². The number of rotatable bonds is 4. The minimum absolute atomic E-state index is 0.352. The lowest BCUT2D eigenvalue weighted by atomic mass is 10.1. The fraction of sp³-hybridized carbons (Fsp3) is 0.417. The Balaban J connectivity index is 2.70. The first kappa shape index (κ1) is 11.7. The van der Waals surface area contributed by atoms with Crippen LogP contribution in [0.1, 0.15) is 25.5 Å². The van der Waals surface area contributed by atoms with E-state index in [1.54, 1.807) is 13.8 Å². The van der Waals surface area contributed by atoms with Gasteiger partial charge in [0.15, 0.2) is 6.10 Å². The Hall–Kier alpha value is -1.37. The number of aliphatic hydroxyl groups is 1. The predicted octanol–water partition coefficient (Wildman–Crippen LogP) is 2.04. The molecule has 1 N–H and O–H groups in total. The second-order valence-electron chi connectivity index (χ2n) is 3.50. The van der Waals surface area contributed by atoms with Crippen LogP contribution < -0.4 is 0 Å². The van der Waals surface area contributed by atoms with Gasteiger partial charge < -0.3 is 9.84 Å². The standard InChI is InChI=1S/C12H15NO2/c1-9(14)10(2)15-12(8-13)11-6-4-3-5-7-11/h3-7,9-10,12,14H,1-2H3. The summed E-state index contributed by atoms with van der Waals surface area (Å²) in [5.41, 5.74) is 0.813. The number of aliphatic hydroxyl groups excluding tert-OH is 1. The van der Waals surface area contributed by atoms with Gasteiger partial charge in [-0.25, -0.2) is 0 Å². The van der Waals surface area contributed by atoms with Crippen molar-refractivity contribution in [2.75, 3.05) is 0 Å². The molecule has 3 heteroatoms. The molecule has 3 nitrogen and oxygen atoms in total. The Bertz CT molecular complexity index is 329. The van der Waals surface area contributed by atoms with Crippen LogP contribution in [0.15, 0.2) is 30.3 Å². The molecule has 3 unspecified atom stereocenters. The number of ether oxygens (including phenoxy) is 1. The molecular formula is C12H15NO2. The number of nitriles is 1. The molecule has 80 valence electrons. The summed E-state index contributed by atoms with van der Waals surface area (Å²) in [6, 6.07) is 11.3. The molecule has 15 heavy (non-hydrogen) atoms. The zero-order valence-corrected chi connectivity index (χ0v) is 8.92. The van der Waals surface area contributed by atoms with E-state index in [0.717, 1.165) is 5.56 Å². The van der Waals surface area contributed by atoms with E-state index >= 15 is 0 Å². The molecule has 0 radical (unpaired) electrons. The first-order valence-corrected chi connectivity index (χ1v) is 4.93. The van der Waals surface area contributed by atoms with Gasteiger partial charge in [0.2, 0.25) is 0 Å². The van der Waals surface area contributed by atoms with Gasteiger partial charge in [0.1, 0.15) is 0 Å². The highest BCUT2D eigenvalue weighted by Crippen LogP contribution is 2.18. The summed E-state index contributed by atoms with van der Waals surface area (Å²) in [5, 5.41) is 18.2. The summed E-state index contributed by atoms with van der Waals surface area (Å²) < 4.78 is 5.44. The van der Waals surface area contributed by atoms with Gasteiger partial charge >= 0.3 is 0 Å². The molecule has 0 fully saturated rings. The average Bonchev–Trinajstić information content (AvgIpc) is 2.26. The maximum absolute atomic E-state index is 9.28. The van der Waals surface area contributed by atoms with Crippen LogP contribution in [0.2, 0.25) is 0 Å². The van der Waals surface area contributed by atoms with Gasteiger partial charge in [0.25, 0.3) is 0 Å². The van der Waals surface area contributed by atoms with Crippen molar-refractivity contribution in [3.63, 3.8) is 0 Å². The molecule has 0 saturated heterocycles. The summed E-state index contributed by atoms with van der Waals surface area (Å²) in [5.74, 6) is 0. The first-order valence-electron chi connectivity index (χ1n) is 4.93. The maximum atomic E-state index is 9.28. The van der Waals surface area contributed by atoms with Crippen molar-refractivity contribution in [3.05, 3.63) is 35.9 Å². The minimum atomic E-state index is -0.615. The number of nitrogens with zero attached hydrogens (tertiary/aromatic N) is 1. The lowest BCUT2D eigenvalue weighted by Crippen LogP contribution is -2.24. The lowest BCUT2D eigenvalue weighted by molar-refractivity contribution is -0.0426. The Labute approximate surface area is 89.9 Å². The summed E-state index contributed by atoms with van der Waals surface area (Å²) in [6.07, 6.45) is -1.55. The van der Waals surface area contributed by atoms with E-state index in [1.807, 2.05) is 30.3 Å². The first-order chi connectivity index (χ1) is 7.15. The molecular weight excluding hydrogens is 190 g/mol. The highest BCUT2D eigenvalue weighted by molar-refractivity contribution is 5.22. The Morgan fingerprint density at radius 3 is 2.33 bits per heavy atom. The lowest BCUT2D eigenvalue weighted by Gasteiger charge is -2.19. The second-order valence-corrected chi connectivity index (χ2v) is 3.50. The van der Waals surface area contributed by atoms with Gasteiger partial charge in [-0.3, -0.25) is 0 Å². The van der Waals surface area contributed by atoms with E-state index in [9.17, 15) is 5.11 Å².